The zero-order valence-corrected chi connectivity index (χ0v) is 15.3. The van der Waals surface area contributed by atoms with Crippen molar-refractivity contribution in [1.82, 2.24) is 4.90 Å². The Morgan fingerprint density at radius 3 is 2.27 bits per heavy atom. The number of anilines is 1. The van der Waals surface area contributed by atoms with Crippen LogP contribution in [0.5, 0.6) is 0 Å². The van der Waals surface area contributed by atoms with Gasteiger partial charge in [-0.3, -0.25) is 13.9 Å². The summed E-state index contributed by atoms with van der Waals surface area (Å²) in [6.07, 6.45) is 1.69. The van der Waals surface area contributed by atoms with E-state index in [0.717, 1.165) is 28.8 Å². The number of rotatable bonds is 5. The highest BCUT2D eigenvalue weighted by Gasteiger charge is 2.34. The van der Waals surface area contributed by atoms with E-state index < -0.39 is 39.5 Å². The van der Waals surface area contributed by atoms with Gasteiger partial charge in [0.15, 0.2) is 11.6 Å². The topological polar surface area (TPSA) is 101 Å². The second kappa shape index (κ2) is 7.56. The molecular weight excluding hydrogens is 368 g/mol. The fraction of sp³-hybridized carbons (Fsp3) is 0.500. The molecule has 1 aromatic rings. The Kier molecular flexibility index (Phi) is 5.84. The van der Waals surface area contributed by atoms with Crippen molar-refractivity contribution in [1.29, 1.82) is 0 Å². The molecule has 1 saturated heterocycles. The molecule has 0 spiro atoms. The number of carbonyl (C=O) groups is 2. The van der Waals surface area contributed by atoms with E-state index in [4.69, 9.17) is 5.73 Å². The first-order chi connectivity index (χ1) is 12.0. The van der Waals surface area contributed by atoms with Crippen molar-refractivity contribution in [3.63, 3.8) is 0 Å². The Labute approximate surface area is 150 Å². The van der Waals surface area contributed by atoms with Crippen LogP contribution in [0.4, 0.5) is 14.5 Å². The number of piperidine rings is 1. The zero-order chi connectivity index (χ0) is 19.6. The van der Waals surface area contributed by atoms with E-state index in [1.807, 2.05) is 0 Å². The van der Waals surface area contributed by atoms with Crippen LogP contribution in [0.25, 0.3) is 0 Å². The molecule has 0 radical (unpaired) electrons. The second-order valence-corrected chi connectivity index (χ2v) is 8.19. The summed E-state index contributed by atoms with van der Waals surface area (Å²) in [4.78, 5) is 25.4. The van der Waals surface area contributed by atoms with Crippen LogP contribution in [0, 0.1) is 17.6 Å². The average Bonchev–Trinajstić information content (AvgIpc) is 2.56. The predicted octanol–water partition coefficient (Wildman–Crippen LogP) is 0.843. The molecule has 2 N–H and O–H groups in total. The van der Waals surface area contributed by atoms with Gasteiger partial charge in [0.2, 0.25) is 21.8 Å². The molecule has 1 aromatic carbocycles. The highest BCUT2D eigenvalue weighted by atomic mass is 32.2. The van der Waals surface area contributed by atoms with E-state index >= 15 is 0 Å². The zero-order valence-electron chi connectivity index (χ0n) is 14.5. The lowest BCUT2D eigenvalue weighted by molar-refractivity contribution is -0.135. The Balaban J connectivity index is 2.24. The van der Waals surface area contributed by atoms with E-state index in [1.54, 1.807) is 0 Å². The molecule has 1 atom stereocenters. The van der Waals surface area contributed by atoms with E-state index in [0.29, 0.717) is 12.8 Å². The third kappa shape index (κ3) is 4.29. The molecule has 1 heterocycles. The van der Waals surface area contributed by atoms with Crippen LogP contribution >= 0.6 is 0 Å². The molecule has 0 aliphatic carbocycles. The number of amides is 2. The molecule has 7 nitrogen and oxygen atoms in total. The second-order valence-electron chi connectivity index (χ2n) is 6.34. The number of primary amides is 1. The molecule has 1 aliphatic rings. The quantitative estimate of drug-likeness (QED) is 0.806. The van der Waals surface area contributed by atoms with Crippen LogP contribution in [0.1, 0.15) is 19.8 Å². The van der Waals surface area contributed by atoms with E-state index in [2.05, 4.69) is 0 Å². The van der Waals surface area contributed by atoms with E-state index in [-0.39, 0.29) is 24.7 Å². The fourth-order valence-electron chi connectivity index (χ4n) is 3.07. The molecule has 0 saturated carbocycles. The standard InChI is InChI=1S/C16H21F2N3O4S/c1-10(16(23)20-7-5-11(6-8-20)15(19)22)21(26(2,24)25)12-3-4-13(17)14(18)9-12/h3-4,9-11H,5-8H2,1-2H3,(H2,19,22)/t10-/m1/s1. The maximum absolute atomic E-state index is 13.5. The van der Waals surface area contributed by atoms with Gasteiger partial charge in [-0.05, 0) is 31.9 Å². The lowest BCUT2D eigenvalue weighted by atomic mass is 9.96. The van der Waals surface area contributed by atoms with Gasteiger partial charge in [0, 0.05) is 25.1 Å². The van der Waals surface area contributed by atoms with Gasteiger partial charge >= 0.3 is 0 Å². The maximum atomic E-state index is 13.5. The maximum Gasteiger partial charge on any atom is 0.246 e. The number of carbonyl (C=O) groups excluding carboxylic acids is 2. The smallest absolute Gasteiger partial charge is 0.246 e. The van der Waals surface area contributed by atoms with Crippen LogP contribution in [-0.4, -0.2) is 50.5 Å². The first-order valence-corrected chi connectivity index (χ1v) is 9.89. The van der Waals surface area contributed by atoms with Crippen molar-refractivity contribution in [2.24, 2.45) is 11.7 Å². The fourth-order valence-corrected chi connectivity index (χ4v) is 4.23. The van der Waals surface area contributed by atoms with Crippen LogP contribution in [0.15, 0.2) is 18.2 Å². The summed E-state index contributed by atoms with van der Waals surface area (Å²) in [5.74, 6) is -3.55. The molecule has 10 heteroatoms. The first-order valence-electron chi connectivity index (χ1n) is 8.05. The number of halogens is 2. The SMILES string of the molecule is C[C@H](C(=O)N1CCC(C(N)=O)CC1)N(c1ccc(F)c(F)c1)S(C)(=O)=O. The summed E-state index contributed by atoms with van der Waals surface area (Å²) in [6, 6.07) is 1.49. The molecule has 2 amide bonds. The first kappa shape index (κ1) is 20.1. The highest BCUT2D eigenvalue weighted by Crippen LogP contribution is 2.25. The van der Waals surface area contributed by atoms with Crippen LogP contribution in [-0.2, 0) is 19.6 Å². The number of sulfonamides is 1. The van der Waals surface area contributed by atoms with Crippen molar-refractivity contribution >= 4 is 27.5 Å². The van der Waals surface area contributed by atoms with Crippen LogP contribution in [0.3, 0.4) is 0 Å². The van der Waals surface area contributed by atoms with Gasteiger partial charge in [0.1, 0.15) is 6.04 Å². The van der Waals surface area contributed by atoms with E-state index in [1.165, 1.54) is 11.8 Å². The molecular formula is C16H21F2N3O4S. The van der Waals surface area contributed by atoms with Crippen molar-refractivity contribution in [3.05, 3.63) is 29.8 Å². The lowest BCUT2D eigenvalue weighted by Gasteiger charge is -2.36. The molecule has 26 heavy (non-hydrogen) atoms. The summed E-state index contributed by atoms with van der Waals surface area (Å²) >= 11 is 0. The van der Waals surface area contributed by atoms with Gasteiger partial charge in [-0.2, -0.15) is 0 Å². The summed E-state index contributed by atoms with van der Waals surface area (Å²) in [5.41, 5.74) is 5.12. The molecule has 0 aromatic heterocycles. The van der Waals surface area contributed by atoms with Crippen LogP contribution in [0.2, 0.25) is 0 Å². The Morgan fingerprint density at radius 1 is 1.23 bits per heavy atom. The van der Waals surface area contributed by atoms with Gasteiger partial charge in [-0.1, -0.05) is 0 Å². The molecule has 144 valence electrons. The van der Waals surface area contributed by atoms with Gasteiger partial charge in [-0.15, -0.1) is 0 Å². The van der Waals surface area contributed by atoms with Crippen molar-refractivity contribution in [2.75, 3.05) is 23.7 Å². The molecule has 0 unspecified atom stereocenters. The minimum Gasteiger partial charge on any atom is -0.369 e. The molecule has 2 rings (SSSR count). The normalized spacial score (nSPS) is 17.0. The van der Waals surface area contributed by atoms with Crippen molar-refractivity contribution in [3.8, 4) is 0 Å². The lowest BCUT2D eigenvalue weighted by Crippen LogP contribution is -2.52. The summed E-state index contributed by atoms with van der Waals surface area (Å²) in [5, 5.41) is 0. The van der Waals surface area contributed by atoms with Crippen LogP contribution < -0.4 is 10.0 Å². The van der Waals surface area contributed by atoms with Gasteiger partial charge in [0.05, 0.1) is 11.9 Å². The summed E-state index contributed by atoms with van der Waals surface area (Å²) < 4.78 is 51.8. The van der Waals surface area contributed by atoms with Gasteiger partial charge in [0.25, 0.3) is 0 Å². The van der Waals surface area contributed by atoms with Crippen molar-refractivity contribution < 1.29 is 26.8 Å². The average molecular weight is 389 g/mol. The largest absolute Gasteiger partial charge is 0.369 e. The molecule has 1 fully saturated rings. The van der Waals surface area contributed by atoms with Crippen molar-refractivity contribution in [2.45, 2.75) is 25.8 Å². The predicted molar refractivity (Wildman–Crippen MR) is 91.6 cm³/mol. The monoisotopic (exact) mass is 389 g/mol. The minimum absolute atomic E-state index is 0.140. The third-order valence-corrected chi connectivity index (χ3v) is 5.67. The third-order valence-electron chi connectivity index (χ3n) is 4.43. The number of nitrogens with zero attached hydrogens (tertiary/aromatic N) is 2. The summed E-state index contributed by atoms with van der Waals surface area (Å²) in [6.45, 7) is 1.92. The number of likely N-dealkylation sites (tertiary alicyclic amines) is 1. The molecule has 0 bridgehead atoms. The molecule has 1 aliphatic heterocycles. The Bertz CT molecular complexity index is 808. The van der Waals surface area contributed by atoms with E-state index in [9.17, 15) is 26.8 Å². The minimum atomic E-state index is -3.93. The Hall–Kier alpha value is -2.23. The number of benzene rings is 1. The highest BCUT2D eigenvalue weighted by molar-refractivity contribution is 7.92. The number of nitrogens with two attached hydrogens (primary N) is 1. The number of hydrogen-bond donors (Lipinski definition) is 1. The Morgan fingerprint density at radius 2 is 1.81 bits per heavy atom. The number of hydrogen-bond acceptors (Lipinski definition) is 4. The summed E-state index contributed by atoms with van der Waals surface area (Å²) in [7, 11) is -3.93. The van der Waals surface area contributed by atoms with Gasteiger partial charge < -0.3 is 10.6 Å². The van der Waals surface area contributed by atoms with Gasteiger partial charge in [-0.25, -0.2) is 17.2 Å².